The van der Waals surface area contributed by atoms with E-state index in [1.807, 2.05) is 18.2 Å². The van der Waals surface area contributed by atoms with Gasteiger partial charge in [-0.3, -0.25) is 10.1 Å². The van der Waals surface area contributed by atoms with E-state index in [2.05, 4.69) is 0 Å². The van der Waals surface area contributed by atoms with E-state index in [0.717, 1.165) is 4.90 Å². The van der Waals surface area contributed by atoms with Crippen LogP contribution in [0.5, 0.6) is 0 Å². The van der Waals surface area contributed by atoms with E-state index in [4.69, 9.17) is 11.6 Å². The molecule has 1 unspecified atom stereocenters. The molecule has 0 saturated heterocycles. The highest BCUT2D eigenvalue weighted by molar-refractivity contribution is 7.99. The lowest BCUT2D eigenvalue weighted by molar-refractivity contribution is -0.386. The second-order valence-corrected chi connectivity index (χ2v) is 5.54. The number of halogens is 1. The molecule has 0 aliphatic rings. The van der Waals surface area contributed by atoms with Gasteiger partial charge in [-0.2, -0.15) is 0 Å². The van der Waals surface area contributed by atoms with Crippen LogP contribution in [0.3, 0.4) is 0 Å². The highest BCUT2D eigenvalue weighted by atomic mass is 35.5. The van der Waals surface area contributed by atoms with Crippen molar-refractivity contribution < 1.29 is 10.0 Å². The van der Waals surface area contributed by atoms with Crippen LogP contribution in [0.1, 0.15) is 11.7 Å². The van der Waals surface area contributed by atoms with Gasteiger partial charge >= 0.3 is 0 Å². The molecule has 0 aliphatic heterocycles. The van der Waals surface area contributed by atoms with Crippen molar-refractivity contribution in [3.05, 3.63) is 69.2 Å². The van der Waals surface area contributed by atoms with Gasteiger partial charge in [0.1, 0.15) is 0 Å². The molecule has 0 radical (unpaired) electrons. The Morgan fingerprint density at radius 2 is 1.85 bits per heavy atom. The Morgan fingerprint density at radius 3 is 2.55 bits per heavy atom. The van der Waals surface area contributed by atoms with Crippen molar-refractivity contribution in [1.29, 1.82) is 0 Å². The number of aliphatic hydroxyl groups is 1. The standard InChI is InChI=1S/C14H12ClNO3S/c15-11-6-2-4-8-14(11)20-9-13(17)10-5-1-3-7-12(10)16(18)19/h1-8,13,17H,9H2. The summed E-state index contributed by atoms with van der Waals surface area (Å²) in [4.78, 5) is 11.3. The van der Waals surface area contributed by atoms with Crippen molar-refractivity contribution in [2.24, 2.45) is 0 Å². The topological polar surface area (TPSA) is 63.4 Å². The summed E-state index contributed by atoms with van der Waals surface area (Å²) >= 11 is 7.39. The predicted molar refractivity (Wildman–Crippen MR) is 80.2 cm³/mol. The lowest BCUT2D eigenvalue weighted by atomic mass is 10.1. The zero-order chi connectivity index (χ0) is 14.5. The number of benzene rings is 2. The van der Waals surface area contributed by atoms with Crippen molar-refractivity contribution >= 4 is 29.1 Å². The molecule has 104 valence electrons. The second-order valence-electron chi connectivity index (χ2n) is 4.07. The van der Waals surface area contributed by atoms with Gasteiger partial charge < -0.3 is 5.11 Å². The van der Waals surface area contributed by atoms with Gasteiger partial charge in [-0.05, 0) is 18.2 Å². The molecule has 0 spiro atoms. The van der Waals surface area contributed by atoms with Gasteiger partial charge in [-0.15, -0.1) is 11.8 Å². The fraction of sp³-hybridized carbons (Fsp3) is 0.143. The molecule has 0 bridgehead atoms. The predicted octanol–water partition coefficient (Wildman–Crippen LogP) is 4.07. The van der Waals surface area contributed by atoms with Crippen LogP contribution < -0.4 is 0 Å². The van der Waals surface area contributed by atoms with Crippen LogP contribution in [0, 0.1) is 10.1 Å². The van der Waals surface area contributed by atoms with Gasteiger partial charge in [0.25, 0.3) is 5.69 Å². The Kier molecular flexibility index (Phi) is 5.00. The van der Waals surface area contributed by atoms with Crippen molar-refractivity contribution in [2.45, 2.75) is 11.0 Å². The molecule has 0 fully saturated rings. The molecule has 2 aromatic carbocycles. The summed E-state index contributed by atoms with van der Waals surface area (Å²) in [5.74, 6) is 0.300. The van der Waals surface area contributed by atoms with Gasteiger partial charge in [0, 0.05) is 16.7 Å². The summed E-state index contributed by atoms with van der Waals surface area (Å²) in [5.41, 5.74) is 0.247. The number of aliphatic hydroxyl groups excluding tert-OH is 1. The summed E-state index contributed by atoms with van der Waals surface area (Å²) in [6.45, 7) is 0. The van der Waals surface area contributed by atoms with Crippen molar-refractivity contribution in [1.82, 2.24) is 0 Å². The number of hydrogen-bond acceptors (Lipinski definition) is 4. The number of nitro groups is 1. The Balaban J connectivity index is 2.11. The van der Waals surface area contributed by atoms with Crippen LogP contribution in [0.2, 0.25) is 5.02 Å². The molecule has 0 amide bonds. The van der Waals surface area contributed by atoms with Gasteiger partial charge in [-0.1, -0.05) is 35.9 Å². The van der Waals surface area contributed by atoms with Crippen LogP contribution in [0.25, 0.3) is 0 Å². The molecule has 20 heavy (non-hydrogen) atoms. The van der Waals surface area contributed by atoms with E-state index in [1.54, 1.807) is 24.3 Å². The average Bonchev–Trinajstić information content (AvgIpc) is 2.46. The third-order valence-corrected chi connectivity index (χ3v) is 4.32. The number of thioether (sulfide) groups is 1. The number of nitrogens with zero attached hydrogens (tertiary/aromatic N) is 1. The first kappa shape index (κ1) is 14.8. The maximum absolute atomic E-state index is 10.9. The fourth-order valence-electron chi connectivity index (χ4n) is 1.76. The molecule has 6 heteroatoms. The molecule has 2 aromatic rings. The highest BCUT2D eigenvalue weighted by Crippen LogP contribution is 2.32. The van der Waals surface area contributed by atoms with Gasteiger partial charge in [0.2, 0.25) is 0 Å². The minimum atomic E-state index is -0.919. The minimum Gasteiger partial charge on any atom is -0.387 e. The third kappa shape index (κ3) is 3.50. The van der Waals surface area contributed by atoms with Crippen LogP contribution in [0.4, 0.5) is 5.69 Å². The zero-order valence-corrected chi connectivity index (χ0v) is 12.0. The Bertz CT molecular complexity index is 621. The third-order valence-electron chi connectivity index (χ3n) is 2.73. The van der Waals surface area contributed by atoms with Crippen molar-refractivity contribution in [2.75, 3.05) is 5.75 Å². The van der Waals surface area contributed by atoms with Gasteiger partial charge in [0.15, 0.2) is 0 Å². The lowest BCUT2D eigenvalue weighted by Crippen LogP contribution is -2.04. The van der Waals surface area contributed by atoms with Crippen molar-refractivity contribution in [3.63, 3.8) is 0 Å². The molecule has 0 heterocycles. The normalized spacial score (nSPS) is 12.1. The molecule has 1 N–H and O–H groups in total. The highest BCUT2D eigenvalue weighted by Gasteiger charge is 2.19. The largest absolute Gasteiger partial charge is 0.387 e. The molecule has 1 atom stereocenters. The summed E-state index contributed by atoms with van der Waals surface area (Å²) in [6.07, 6.45) is -0.919. The maximum Gasteiger partial charge on any atom is 0.275 e. The molecule has 4 nitrogen and oxygen atoms in total. The SMILES string of the molecule is O=[N+]([O-])c1ccccc1C(O)CSc1ccccc1Cl. The molecular weight excluding hydrogens is 298 g/mol. The summed E-state index contributed by atoms with van der Waals surface area (Å²) in [6, 6.07) is 13.5. The van der Waals surface area contributed by atoms with Crippen LogP contribution in [-0.4, -0.2) is 15.8 Å². The average molecular weight is 310 g/mol. The number of hydrogen-bond donors (Lipinski definition) is 1. The number of nitro benzene ring substituents is 1. The Labute approximate surface area is 125 Å². The smallest absolute Gasteiger partial charge is 0.275 e. The maximum atomic E-state index is 10.9. The van der Waals surface area contributed by atoms with Crippen LogP contribution in [0.15, 0.2) is 53.4 Å². The molecule has 0 aliphatic carbocycles. The Morgan fingerprint density at radius 1 is 1.20 bits per heavy atom. The fourth-order valence-corrected chi connectivity index (χ4v) is 2.95. The van der Waals surface area contributed by atoms with E-state index in [0.29, 0.717) is 16.3 Å². The summed E-state index contributed by atoms with van der Waals surface area (Å²) < 4.78 is 0. The first-order valence-electron chi connectivity index (χ1n) is 5.88. The van der Waals surface area contributed by atoms with Crippen molar-refractivity contribution in [3.8, 4) is 0 Å². The second kappa shape index (κ2) is 6.74. The number of rotatable bonds is 5. The van der Waals surface area contributed by atoms with E-state index in [9.17, 15) is 15.2 Å². The first-order chi connectivity index (χ1) is 9.59. The van der Waals surface area contributed by atoms with Crippen LogP contribution >= 0.6 is 23.4 Å². The first-order valence-corrected chi connectivity index (χ1v) is 7.24. The van der Waals surface area contributed by atoms with E-state index < -0.39 is 11.0 Å². The lowest BCUT2D eigenvalue weighted by Gasteiger charge is -2.11. The minimum absolute atomic E-state index is 0.0697. The van der Waals surface area contributed by atoms with E-state index in [-0.39, 0.29) is 5.69 Å². The molecule has 0 saturated carbocycles. The summed E-state index contributed by atoms with van der Waals surface area (Å²) in [5, 5.41) is 21.7. The summed E-state index contributed by atoms with van der Waals surface area (Å²) in [7, 11) is 0. The van der Waals surface area contributed by atoms with E-state index >= 15 is 0 Å². The zero-order valence-electron chi connectivity index (χ0n) is 10.4. The van der Waals surface area contributed by atoms with Crippen LogP contribution in [-0.2, 0) is 0 Å². The van der Waals surface area contributed by atoms with Gasteiger partial charge in [-0.25, -0.2) is 0 Å². The van der Waals surface area contributed by atoms with E-state index in [1.165, 1.54) is 17.8 Å². The number of para-hydroxylation sites is 1. The molecule has 2 rings (SSSR count). The molecular formula is C14H12ClNO3S. The Hall–Kier alpha value is -1.56. The monoisotopic (exact) mass is 309 g/mol. The quantitative estimate of drug-likeness (QED) is 0.513. The van der Waals surface area contributed by atoms with Gasteiger partial charge in [0.05, 0.1) is 21.6 Å². The molecule has 0 aromatic heterocycles.